The Morgan fingerprint density at radius 2 is 1.57 bits per heavy atom. The molecule has 3 N–H and O–H groups in total. The van der Waals surface area contributed by atoms with Crippen LogP contribution in [0.15, 0.2) is 29.1 Å². The number of carbonyl (C=O) groups excluding carboxylic acids is 2. The summed E-state index contributed by atoms with van der Waals surface area (Å²) in [4.78, 5) is 37.7. The second kappa shape index (κ2) is 18.1. The molecule has 44 heavy (non-hydrogen) atoms. The van der Waals surface area contributed by atoms with Crippen molar-refractivity contribution in [2.45, 2.75) is 96.9 Å². The van der Waals surface area contributed by atoms with Crippen LogP contribution in [0.25, 0.3) is 11.1 Å². The Kier molecular flexibility index (Phi) is 14.3. The van der Waals surface area contributed by atoms with E-state index >= 15 is 0 Å². The van der Waals surface area contributed by atoms with Crippen LogP contribution in [0.3, 0.4) is 0 Å². The zero-order chi connectivity index (χ0) is 31.9. The van der Waals surface area contributed by atoms with Gasteiger partial charge >= 0.3 is 0 Å². The van der Waals surface area contributed by atoms with E-state index in [2.05, 4.69) is 22.9 Å². The minimum atomic E-state index is -0.350. The number of methoxy groups -OCH3 is 3. The molecule has 0 radical (unpaired) electrons. The zero-order valence-electron chi connectivity index (χ0n) is 27.2. The summed E-state index contributed by atoms with van der Waals surface area (Å²) in [5.74, 6) is 1.51. The first-order valence-electron chi connectivity index (χ1n) is 16.1. The van der Waals surface area contributed by atoms with Crippen LogP contribution in [0.2, 0.25) is 0 Å². The molecule has 3 rings (SSSR count). The van der Waals surface area contributed by atoms with Gasteiger partial charge in [-0.15, -0.1) is 0 Å². The van der Waals surface area contributed by atoms with Crippen molar-refractivity contribution in [3.8, 4) is 28.4 Å². The van der Waals surface area contributed by atoms with Crippen LogP contribution in [-0.4, -0.2) is 46.2 Å². The third kappa shape index (κ3) is 9.63. The maximum atomic E-state index is 13.4. The number of unbranched alkanes of at least 4 members (excludes halogenated alkanes) is 7. The maximum Gasteiger partial charge on any atom is 0.219 e. The Labute approximate surface area is 262 Å². The minimum Gasteiger partial charge on any atom is -0.493 e. The first-order chi connectivity index (χ1) is 21.3. The van der Waals surface area contributed by atoms with Gasteiger partial charge in [-0.25, -0.2) is 0 Å². The Bertz CT molecular complexity index is 1310. The Morgan fingerprint density at radius 3 is 2.27 bits per heavy atom. The summed E-state index contributed by atoms with van der Waals surface area (Å²) in [5.41, 5.74) is 3.67. The molecule has 2 aromatic carbocycles. The van der Waals surface area contributed by atoms with Gasteiger partial charge < -0.3 is 30.2 Å². The van der Waals surface area contributed by atoms with Crippen molar-refractivity contribution in [2.24, 2.45) is 0 Å². The molecule has 0 spiro atoms. The van der Waals surface area contributed by atoms with Gasteiger partial charge in [0, 0.05) is 32.0 Å². The molecule has 0 heterocycles. The zero-order valence-corrected chi connectivity index (χ0v) is 27.2. The van der Waals surface area contributed by atoms with Gasteiger partial charge in [-0.2, -0.15) is 0 Å². The summed E-state index contributed by atoms with van der Waals surface area (Å²) in [6.45, 7) is 5.07. The fraction of sp³-hybridized carbons (Fsp3) is 0.571. The van der Waals surface area contributed by atoms with Crippen LogP contribution in [0.4, 0.5) is 5.69 Å². The predicted octanol–water partition coefficient (Wildman–Crippen LogP) is 6.31. The lowest BCUT2D eigenvalue weighted by Crippen LogP contribution is -2.26. The number of rotatable bonds is 18. The first-order valence-corrected chi connectivity index (χ1v) is 16.1. The van der Waals surface area contributed by atoms with E-state index < -0.39 is 0 Å². The standard InChI is InChI=1S/C35H51N3O6/c1-6-7-8-9-10-13-21-37-32(41)15-12-11-14-20-36-29-19-17-26-27(23-30(29)40)28(38-24(2)39)18-16-25-22-31(42-3)34(43-4)35(44-5)33(25)26/h17,19,22-23,28H,6-16,18,20-21H2,1-5H3,(H,36,40)(H,37,41)(H,38,39). The number of fused-ring (bicyclic) bond motifs is 3. The van der Waals surface area contributed by atoms with Crippen molar-refractivity contribution in [3.63, 3.8) is 0 Å². The second-order valence-corrected chi connectivity index (χ2v) is 11.5. The molecule has 1 aliphatic carbocycles. The highest BCUT2D eigenvalue weighted by Gasteiger charge is 2.29. The molecular formula is C35H51N3O6. The number of benzene rings is 1. The summed E-state index contributed by atoms with van der Waals surface area (Å²) in [6, 6.07) is 6.93. The van der Waals surface area contributed by atoms with E-state index in [-0.39, 0.29) is 23.3 Å². The first kappa shape index (κ1) is 34.7. The summed E-state index contributed by atoms with van der Waals surface area (Å²) in [7, 11) is 4.74. The number of nitrogens with one attached hydrogen (secondary N) is 3. The van der Waals surface area contributed by atoms with Crippen LogP contribution in [-0.2, 0) is 16.0 Å². The number of amides is 2. The lowest BCUT2D eigenvalue weighted by atomic mass is 9.95. The average Bonchev–Trinajstić information content (AvgIpc) is 3.25. The molecule has 0 saturated carbocycles. The monoisotopic (exact) mass is 609 g/mol. The topological polar surface area (TPSA) is 115 Å². The summed E-state index contributed by atoms with van der Waals surface area (Å²) < 4.78 is 17.1. The average molecular weight is 610 g/mol. The molecule has 0 fully saturated rings. The SMILES string of the molecule is CCCCCCCCNC(=O)CCCCCNc1ccc2c(cc1=O)C(NC(C)=O)CCc1cc(OC)c(OC)c(OC)c1-2. The largest absolute Gasteiger partial charge is 0.493 e. The van der Waals surface area contributed by atoms with Gasteiger partial charge in [-0.05, 0) is 67.0 Å². The number of hydrogen-bond donors (Lipinski definition) is 3. The van der Waals surface area contributed by atoms with Gasteiger partial charge in [0.2, 0.25) is 23.0 Å². The molecule has 2 amide bonds. The Hall–Kier alpha value is -3.75. The predicted molar refractivity (Wildman–Crippen MR) is 176 cm³/mol. The van der Waals surface area contributed by atoms with Crippen molar-refractivity contribution >= 4 is 17.5 Å². The molecule has 9 nitrogen and oxygen atoms in total. The number of hydrogen-bond acceptors (Lipinski definition) is 7. The molecule has 9 heteroatoms. The van der Waals surface area contributed by atoms with Crippen molar-refractivity contribution in [1.82, 2.24) is 10.6 Å². The Balaban J connectivity index is 1.68. The van der Waals surface area contributed by atoms with E-state index in [0.717, 1.165) is 54.5 Å². The van der Waals surface area contributed by atoms with Gasteiger partial charge in [0.1, 0.15) is 0 Å². The number of ether oxygens (including phenoxy) is 3. The third-order valence-electron chi connectivity index (χ3n) is 8.16. The van der Waals surface area contributed by atoms with Gasteiger partial charge in [0.05, 0.1) is 33.1 Å². The van der Waals surface area contributed by atoms with Crippen LogP contribution in [0.1, 0.15) is 102 Å². The highest BCUT2D eigenvalue weighted by atomic mass is 16.5. The van der Waals surface area contributed by atoms with Gasteiger partial charge in [-0.3, -0.25) is 14.4 Å². The van der Waals surface area contributed by atoms with E-state index in [1.54, 1.807) is 33.5 Å². The maximum absolute atomic E-state index is 13.4. The van der Waals surface area contributed by atoms with Crippen molar-refractivity contribution in [1.29, 1.82) is 0 Å². The third-order valence-corrected chi connectivity index (χ3v) is 8.16. The quantitative estimate of drug-likeness (QED) is 0.170. The number of aryl methyl sites for hydroxylation is 1. The van der Waals surface area contributed by atoms with Crippen molar-refractivity contribution in [2.75, 3.05) is 39.7 Å². The Morgan fingerprint density at radius 1 is 0.864 bits per heavy atom. The molecule has 1 atom stereocenters. The van der Waals surface area contributed by atoms with Crippen LogP contribution < -0.4 is 35.6 Å². The molecule has 0 saturated heterocycles. The highest BCUT2D eigenvalue weighted by Crippen LogP contribution is 2.50. The second-order valence-electron chi connectivity index (χ2n) is 11.5. The van der Waals surface area contributed by atoms with E-state index in [1.807, 2.05) is 12.1 Å². The molecule has 0 aromatic heterocycles. The normalized spacial score (nSPS) is 13.6. The van der Waals surface area contributed by atoms with Crippen LogP contribution in [0.5, 0.6) is 17.2 Å². The molecule has 1 unspecified atom stereocenters. The van der Waals surface area contributed by atoms with E-state index in [0.29, 0.717) is 48.7 Å². The lowest BCUT2D eigenvalue weighted by molar-refractivity contribution is -0.121. The van der Waals surface area contributed by atoms with Crippen LogP contribution >= 0.6 is 0 Å². The molecular weight excluding hydrogens is 558 g/mol. The summed E-state index contributed by atoms with van der Waals surface area (Å²) in [6.07, 6.45) is 11.6. The van der Waals surface area contributed by atoms with E-state index in [1.165, 1.54) is 39.0 Å². The summed E-state index contributed by atoms with van der Waals surface area (Å²) >= 11 is 0. The molecule has 1 aliphatic rings. The van der Waals surface area contributed by atoms with Gasteiger partial charge in [-0.1, -0.05) is 51.5 Å². The highest BCUT2D eigenvalue weighted by molar-refractivity contribution is 5.83. The lowest BCUT2D eigenvalue weighted by Gasteiger charge is -2.19. The van der Waals surface area contributed by atoms with Crippen LogP contribution in [0, 0.1) is 0 Å². The number of carbonyl (C=O) groups is 2. The molecule has 2 aromatic rings. The van der Waals surface area contributed by atoms with Gasteiger partial charge in [0.15, 0.2) is 11.5 Å². The fourth-order valence-corrected chi connectivity index (χ4v) is 5.89. The number of anilines is 1. The minimum absolute atomic E-state index is 0.114. The van der Waals surface area contributed by atoms with Crippen molar-refractivity contribution in [3.05, 3.63) is 45.6 Å². The molecule has 0 aliphatic heterocycles. The van der Waals surface area contributed by atoms with E-state index in [9.17, 15) is 14.4 Å². The fourth-order valence-electron chi connectivity index (χ4n) is 5.89. The van der Waals surface area contributed by atoms with Gasteiger partial charge in [0.25, 0.3) is 0 Å². The summed E-state index contributed by atoms with van der Waals surface area (Å²) in [5, 5.41) is 9.36. The molecule has 0 bridgehead atoms. The smallest absolute Gasteiger partial charge is 0.219 e. The van der Waals surface area contributed by atoms with Crippen molar-refractivity contribution < 1.29 is 23.8 Å². The van der Waals surface area contributed by atoms with E-state index in [4.69, 9.17) is 14.2 Å². The molecule has 242 valence electrons.